The van der Waals surface area contributed by atoms with E-state index in [0.29, 0.717) is 0 Å². The Labute approximate surface area is 161 Å². The first-order valence-corrected chi connectivity index (χ1v) is 10.4. The van der Waals surface area contributed by atoms with Crippen molar-refractivity contribution in [3.8, 4) is 0 Å². The summed E-state index contributed by atoms with van der Waals surface area (Å²) in [5, 5.41) is 1.79. The number of hydrogen-bond donors (Lipinski definition) is 0. The van der Waals surface area contributed by atoms with Crippen LogP contribution in [-0.2, 0) is 11.2 Å². The van der Waals surface area contributed by atoms with Crippen LogP contribution in [-0.4, -0.2) is 27.2 Å². The number of aromatic nitrogens is 2. The molecule has 0 unspecified atom stereocenters. The van der Waals surface area contributed by atoms with E-state index < -0.39 is 0 Å². The second-order valence-corrected chi connectivity index (χ2v) is 9.33. The lowest BCUT2D eigenvalue weighted by atomic mass is 10.1. The minimum absolute atomic E-state index is 0.142. The van der Waals surface area contributed by atoms with Gasteiger partial charge in [-0.05, 0) is 51.3 Å². The van der Waals surface area contributed by atoms with Gasteiger partial charge in [-0.15, -0.1) is 11.3 Å². The van der Waals surface area contributed by atoms with Crippen molar-refractivity contribution >= 4 is 44.9 Å². The number of fused-ring (bicyclic) bond motifs is 2. The van der Waals surface area contributed by atoms with Gasteiger partial charge >= 0.3 is 0 Å². The zero-order valence-electron chi connectivity index (χ0n) is 15.3. The molecule has 0 bridgehead atoms. The van der Waals surface area contributed by atoms with E-state index in [0.717, 1.165) is 27.4 Å². The lowest BCUT2D eigenvalue weighted by Crippen LogP contribution is -2.40. The number of aryl methyl sites for hydroxylation is 2. The molecule has 0 saturated carbocycles. The van der Waals surface area contributed by atoms with Crippen molar-refractivity contribution in [2.45, 2.75) is 50.4 Å². The number of hydrogen-bond acceptors (Lipinski definition) is 5. The summed E-state index contributed by atoms with van der Waals surface area (Å²) in [7, 11) is 0. The molecular weight excluding hydrogens is 362 g/mol. The fourth-order valence-corrected chi connectivity index (χ4v) is 5.64. The monoisotopic (exact) mass is 383 g/mol. The molecule has 134 valence electrons. The molecule has 0 radical (unpaired) electrons. The van der Waals surface area contributed by atoms with Crippen molar-refractivity contribution in [3.63, 3.8) is 0 Å². The summed E-state index contributed by atoms with van der Waals surface area (Å²) in [5.74, 6) is 0.142. The van der Waals surface area contributed by atoms with Crippen LogP contribution in [0.3, 0.4) is 0 Å². The number of thioether (sulfide) groups is 1. The molecule has 1 aliphatic heterocycles. The number of anilines is 1. The first-order valence-electron chi connectivity index (χ1n) is 8.75. The molecule has 2 atom stereocenters. The number of carbonyl (C=O) groups is 1. The summed E-state index contributed by atoms with van der Waals surface area (Å²) in [4.78, 5) is 26.3. The Morgan fingerprint density at radius 3 is 2.88 bits per heavy atom. The topological polar surface area (TPSA) is 46.1 Å². The molecule has 0 fully saturated rings. The molecule has 0 N–H and O–H groups in total. The second-order valence-electron chi connectivity index (χ2n) is 6.79. The molecule has 1 aromatic carbocycles. The maximum absolute atomic E-state index is 13.2. The number of nitrogens with zero attached hydrogens (tertiary/aromatic N) is 3. The Morgan fingerprint density at radius 2 is 2.08 bits per heavy atom. The molecule has 4 nitrogen and oxygen atoms in total. The van der Waals surface area contributed by atoms with Gasteiger partial charge in [0.1, 0.15) is 16.2 Å². The third-order valence-electron chi connectivity index (χ3n) is 5.01. The highest BCUT2D eigenvalue weighted by atomic mass is 32.2. The van der Waals surface area contributed by atoms with E-state index in [4.69, 9.17) is 0 Å². The summed E-state index contributed by atoms with van der Waals surface area (Å²) in [6, 6.07) is 8.39. The van der Waals surface area contributed by atoms with Crippen LogP contribution in [0.25, 0.3) is 10.2 Å². The van der Waals surface area contributed by atoms with Crippen molar-refractivity contribution in [2.75, 3.05) is 4.90 Å². The molecule has 2 aromatic heterocycles. The Bertz CT molecular complexity index is 998. The molecule has 1 aliphatic rings. The standard InChI is InChI=1S/C20H21N3OS2/c1-11-9-15-7-5-6-8-16(15)23(11)20(24)14(4)26-19-17-12(2)13(3)25-18(17)21-10-22-19/h5-8,10-11,14H,9H2,1-4H3/t11-,14-/m0/s1. The Kier molecular flexibility index (Phi) is 4.49. The van der Waals surface area contributed by atoms with Crippen LogP contribution in [0.4, 0.5) is 5.69 Å². The van der Waals surface area contributed by atoms with Crippen molar-refractivity contribution in [3.05, 3.63) is 46.6 Å². The highest BCUT2D eigenvalue weighted by Gasteiger charge is 2.33. The SMILES string of the molecule is Cc1sc2ncnc(S[C@@H](C)C(=O)N3c4ccccc4C[C@@H]3C)c2c1C. The van der Waals surface area contributed by atoms with Gasteiger partial charge in [0.15, 0.2) is 0 Å². The van der Waals surface area contributed by atoms with E-state index in [1.54, 1.807) is 17.7 Å². The van der Waals surface area contributed by atoms with E-state index in [1.807, 2.05) is 30.0 Å². The molecule has 0 spiro atoms. The van der Waals surface area contributed by atoms with E-state index in [9.17, 15) is 4.79 Å². The Hall–Kier alpha value is -1.92. The van der Waals surface area contributed by atoms with Gasteiger partial charge in [-0.25, -0.2) is 9.97 Å². The highest BCUT2D eigenvalue weighted by Crippen LogP contribution is 2.38. The normalized spacial score (nSPS) is 17.5. The van der Waals surface area contributed by atoms with Gasteiger partial charge in [-0.1, -0.05) is 30.0 Å². The minimum atomic E-state index is -0.207. The lowest BCUT2D eigenvalue weighted by molar-refractivity contribution is -0.118. The van der Waals surface area contributed by atoms with E-state index in [2.05, 4.69) is 36.8 Å². The smallest absolute Gasteiger partial charge is 0.240 e. The van der Waals surface area contributed by atoms with Crippen LogP contribution in [0.15, 0.2) is 35.6 Å². The maximum Gasteiger partial charge on any atom is 0.240 e. The summed E-state index contributed by atoms with van der Waals surface area (Å²) in [5.41, 5.74) is 3.51. The fraction of sp³-hybridized carbons (Fsp3) is 0.350. The van der Waals surface area contributed by atoms with Gasteiger partial charge in [0.25, 0.3) is 0 Å². The van der Waals surface area contributed by atoms with Crippen molar-refractivity contribution in [2.24, 2.45) is 0 Å². The predicted octanol–water partition coefficient (Wildman–Crippen LogP) is 4.77. The highest BCUT2D eigenvalue weighted by molar-refractivity contribution is 8.00. The van der Waals surface area contributed by atoms with Crippen LogP contribution < -0.4 is 4.90 Å². The summed E-state index contributed by atoms with van der Waals surface area (Å²) < 4.78 is 0. The van der Waals surface area contributed by atoms with E-state index in [1.165, 1.54) is 27.8 Å². The third kappa shape index (κ3) is 2.81. The number of rotatable bonds is 3. The number of carbonyl (C=O) groups excluding carboxylic acids is 1. The van der Waals surface area contributed by atoms with Gasteiger partial charge in [-0.3, -0.25) is 4.79 Å². The average Bonchev–Trinajstić information content (AvgIpc) is 3.10. The van der Waals surface area contributed by atoms with E-state index in [-0.39, 0.29) is 17.2 Å². The van der Waals surface area contributed by atoms with Crippen LogP contribution >= 0.6 is 23.1 Å². The van der Waals surface area contributed by atoms with Gasteiger partial charge in [0.05, 0.1) is 5.25 Å². The molecule has 4 rings (SSSR count). The fourth-order valence-electron chi connectivity index (χ4n) is 3.55. The first-order chi connectivity index (χ1) is 12.5. The van der Waals surface area contributed by atoms with Gasteiger partial charge in [0, 0.05) is 22.0 Å². The first kappa shape index (κ1) is 17.5. The molecule has 26 heavy (non-hydrogen) atoms. The van der Waals surface area contributed by atoms with Crippen molar-refractivity contribution in [1.82, 2.24) is 9.97 Å². The zero-order valence-corrected chi connectivity index (χ0v) is 16.9. The zero-order chi connectivity index (χ0) is 18.4. The summed E-state index contributed by atoms with van der Waals surface area (Å²) in [6.07, 6.45) is 2.52. The Balaban J connectivity index is 1.63. The second kappa shape index (κ2) is 6.67. The third-order valence-corrected chi connectivity index (χ3v) is 7.21. The molecule has 0 saturated heterocycles. The average molecular weight is 384 g/mol. The van der Waals surface area contributed by atoms with Crippen LogP contribution in [0.2, 0.25) is 0 Å². The molecule has 6 heteroatoms. The largest absolute Gasteiger partial charge is 0.308 e. The number of amides is 1. The molecule has 3 aromatic rings. The van der Waals surface area contributed by atoms with Gasteiger partial charge < -0.3 is 4.90 Å². The number of benzene rings is 1. The molecule has 1 amide bonds. The predicted molar refractivity (Wildman–Crippen MR) is 109 cm³/mol. The summed E-state index contributed by atoms with van der Waals surface area (Å²) >= 11 is 3.22. The van der Waals surface area contributed by atoms with Gasteiger partial charge in [0.2, 0.25) is 5.91 Å². The maximum atomic E-state index is 13.2. The minimum Gasteiger partial charge on any atom is -0.308 e. The number of para-hydroxylation sites is 1. The Morgan fingerprint density at radius 1 is 1.31 bits per heavy atom. The van der Waals surface area contributed by atoms with Crippen LogP contribution in [0.5, 0.6) is 0 Å². The number of thiophene rings is 1. The van der Waals surface area contributed by atoms with Crippen molar-refractivity contribution in [1.29, 1.82) is 0 Å². The van der Waals surface area contributed by atoms with Crippen molar-refractivity contribution < 1.29 is 4.79 Å². The quantitative estimate of drug-likeness (QED) is 0.483. The molecule has 3 heterocycles. The van der Waals surface area contributed by atoms with Crippen LogP contribution in [0.1, 0.15) is 29.9 Å². The van der Waals surface area contributed by atoms with E-state index >= 15 is 0 Å². The molecular formula is C20H21N3OS2. The molecule has 0 aliphatic carbocycles. The summed E-state index contributed by atoms with van der Waals surface area (Å²) in [6.45, 7) is 8.30. The lowest BCUT2D eigenvalue weighted by Gasteiger charge is -2.25. The van der Waals surface area contributed by atoms with Gasteiger partial charge in [-0.2, -0.15) is 0 Å². The van der Waals surface area contributed by atoms with Crippen LogP contribution in [0, 0.1) is 13.8 Å².